The highest BCUT2D eigenvalue weighted by Gasteiger charge is 2.22. The molecule has 2 heterocycles. The normalized spacial score (nSPS) is 15.4. The quantitative estimate of drug-likeness (QED) is 0.443. The Morgan fingerprint density at radius 1 is 0.970 bits per heavy atom. The number of carbonyl (C=O) groups excluding carboxylic acids is 1. The monoisotopic (exact) mass is 452 g/mol. The fourth-order valence-corrected chi connectivity index (χ4v) is 4.84. The van der Waals surface area contributed by atoms with Crippen molar-refractivity contribution >= 4 is 29.1 Å². The SMILES string of the molecule is COC(=O)c1ccc(/C=c2\sc3n(c2=O)C(c2ccccc2)C=C(c2ccccc2)N=3)cc1. The molecule has 1 aromatic heterocycles. The minimum Gasteiger partial charge on any atom is -0.465 e. The molecule has 33 heavy (non-hydrogen) atoms. The van der Waals surface area contributed by atoms with Crippen LogP contribution in [0.25, 0.3) is 11.8 Å². The molecule has 0 fully saturated rings. The zero-order valence-electron chi connectivity index (χ0n) is 17.8. The zero-order chi connectivity index (χ0) is 22.8. The van der Waals surface area contributed by atoms with E-state index in [9.17, 15) is 9.59 Å². The summed E-state index contributed by atoms with van der Waals surface area (Å²) in [5.74, 6) is -0.391. The number of ether oxygens (including phenoxy) is 1. The number of rotatable bonds is 4. The predicted octanol–water partition coefficient (Wildman–Crippen LogP) is 3.79. The van der Waals surface area contributed by atoms with Gasteiger partial charge in [0.2, 0.25) is 0 Å². The first-order valence-electron chi connectivity index (χ1n) is 10.5. The summed E-state index contributed by atoms with van der Waals surface area (Å²) in [6.07, 6.45) is 3.87. The van der Waals surface area contributed by atoms with Crippen LogP contribution in [0.5, 0.6) is 0 Å². The van der Waals surface area contributed by atoms with Gasteiger partial charge in [-0.3, -0.25) is 9.36 Å². The average molecular weight is 453 g/mol. The van der Waals surface area contributed by atoms with Crippen LogP contribution < -0.4 is 14.9 Å². The number of nitrogens with zero attached hydrogens (tertiary/aromatic N) is 2. The van der Waals surface area contributed by atoms with Gasteiger partial charge in [-0.25, -0.2) is 9.79 Å². The zero-order valence-corrected chi connectivity index (χ0v) is 18.7. The summed E-state index contributed by atoms with van der Waals surface area (Å²) in [4.78, 5) is 30.6. The van der Waals surface area contributed by atoms with Crippen molar-refractivity contribution < 1.29 is 9.53 Å². The van der Waals surface area contributed by atoms with E-state index in [0.717, 1.165) is 22.4 Å². The topological polar surface area (TPSA) is 60.7 Å². The van der Waals surface area contributed by atoms with Crippen LogP contribution in [-0.2, 0) is 4.74 Å². The molecule has 0 amide bonds. The molecule has 0 aliphatic carbocycles. The number of carbonyl (C=O) groups is 1. The number of benzene rings is 3. The fourth-order valence-electron chi connectivity index (χ4n) is 3.82. The van der Waals surface area contributed by atoms with Gasteiger partial charge in [0, 0.05) is 0 Å². The van der Waals surface area contributed by atoms with E-state index in [2.05, 4.69) is 0 Å². The van der Waals surface area contributed by atoms with Crippen molar-refractivity contribution in [3.8, 4) is 0 Å². The van der Waals surface area contributed by atoms with E-state index < -0.39 is 5.97 Å². The van der Waals surface area contributed by atoms with Gasteiger partial charge in [0.25, 0.3) is 5.56 Å². The maximum absolute atomic E-state index is 13.4. The van der Waals surface area contributed by atoms with E-state index >= 15 is 0 Å². The van der Waals surface area contributed by atoms with Crippen LogP contribution >= 0.6 is 11.3 Å². The number of hydrogen-bond donors (Lipinski definition) is 0. The van der Waals surface area contributed by atoms with Crippen molar-refractivity contribution in [2.24, 2.45) is 4.99 Å². The van der Waals surface area contributed by atoms with Crippen LogP contribution in [0.1, 0.15) is 33.1 Å². The van der Waals surface area contributed by atoms with E-state index in [-0.39, 0.29) is 11.6 Å². The highest BCUT2D eigenvalue weighted by Crippen LogP contribution is 2.26. The van der Waals surface area contributed by atoms with Crippen molar-refractivity contribution in [3.63, 3.8) is 0 Å². The minimum atomic E-state index is -0.391. The average Bonchev–Trinajstić information content (AvgIpc) is 3.19. The maximum Gasteiger partial charge on any atom is 0.337 e. The second-order valence-corrected chi connectivity index (χ2v) is 8.58. The first-order chi connectivity index (χ1) is 16.1. The van der Waals surface area contributed by atoms with Crippen molar-refractivity contribution in [1.29, 1.82) is 0 Å². The number of esters is 1. The van der Waals surface area contributed by atoms with Crippen molar-refractivity contribution in [3.05, 3.63) is 133 Å². The summed E-state index contributed by atoms with van der Waals surface area (Å²) in [7, 11) is 1.35. The number of methoxy groups -OCH3 is 1. The lowest BCUT2D eigenvalue weighted by molar-refractivity contribution is 0.0600. The van der Waals surface area contributed by atoms with Crippen molar-refractivity contribution in [1.82, 2.24) is 4.57 Å². The van der Waals surface area contributed by atoms with E-state index in [4.69, 9.17) is 9.73 Å². The van der Waals surface area contributed by atoms with Gasteiger partial charge in [-0.2, -0.15) is 0 Å². The summed E-state index contributed by atoms with van der Waals surface area (Å²) in [5.41, 5.74) is 4.08. The standard InChI is InChI=1S/C27H20N2O3S/c1-32-26(31)21-14-12-18(13-15-21)16-24-25(30)29-23(20-10-6-3-7-11-20)17-22(28-27(29)33-24)19-8-4-2-5-9-19/h2-17,23H,1H3/b24-16-. The Morgan fingerprint density at radius 3 is 2.30 bits per heavy atom. The van der Waals surface area contributed by atoms with Gasteiger partial charge >= 0.3 is 5.97 Å². The summed E-state index contributed by atoms with van der Waals surface area (Å²) < 4.78 is 7.09. The lowest BCUT2D eigenvalue weighted by atomic mass is 10.0. The maximum atomic E-state index is 13.4. The number of thiazole rings is 1. The minimum absolute atomic E-state index is 0.0898. The highest BCUT2D eigenvalue weighted by atomic mass is 32.1. The van der Waals surface area contributed by atoms with Gasteiger partial charge in [-0.15, -0.1) is 0 Å². The number of fused-ring (bicyclic) bond motifs is 1. The number of allylic oxidation sites excluding steroid dienone is 1. The molecule has 5 nitrogen and oxygen atoms in total. The third-order valence-corrected chi connectivity index (χ3v) is 6.47. The molecule has 0 spiro atoms. The molecule has 6 heteroatoms. The summed E-state index contributed by atoms with van der Waals surface area (Å²) in [5, 5.41) is 0. The molecule has 1 aliphatic heterocycles. The van der Waals surface area contributed by atoms with Gasteiger partial charge in [0.15, 0.2) is 4.80 Å². The molecular formula is C27H20N2O3S. The third-order valence-electron chi connectivity index (χ3n) is 5.49. The van der Waals surface area contributed by atoms with Crippen LogP contribution in [0.15, 0.2) is 101 Å². The van der Waals surface area contributed by atoms with E-state index in [1.807, 2.05) is 72.8 Å². The molecular weight excluding hydrogens is 432 g/mol. The van der Waals surface area contributed by atoms with Gasteiger partial charge in [0.05, 0.1) is 28.9 Å². The first-order valence-corrected chi connectivity index (χ1v) is 11.3. The predicted molar refractivity (Wildman–Crippen MR) is 130 cm³/mol. The second kappa shape index (κ2) is 8.84. The third kappa shape index (κ3) is 4.08. The molecule has 0 bridgehead atoms. The Hall–Kier alpha value is -4.03. The van der Waals surface area contributed by atoms with E-state index in [1.54, 1.807) is 28.8 Å². The lowest BCUT2D eigenvalue weighted by Crippen LogP contribution is -2.36. The highest BCUT2D eigenvalue weighted by molar-refractivity contribution is 7.07. The molecule has 5 rings (SSSR count). The number of hydrogen-bond acceptors (Lipinski definition) is 5. The molecule has 4 aromatic rings. The molecule has 0 saturated heterocycles. The van der Waals surface area contributed by atoms with Crippen LogP contribution in [0.2, 0.25) is 0 Å². The Kier molecular flexibility index (Phi) is 5.59. The Balaban J connectivity index is 1.65. The van der Waals surface area contributed by atoms with E-state index in [1.165, 1.54) is 18.4 Å². The summed E-state index contributed by atoms with van der Waals surface area (Å²) in [6.45, 7) is 0. The molecule has 1 unspecified atom stereocenters. The summed E-state index contributed by atoms with van der Waals surface area (Å²) in [6, 6.07) is 26.7. The molecule has 1 aliphatic rings. The first kappa shape index (κ1) is 20.8. The van der Waals surface area contributed by atoms with Crippen molar-refractivity contribution in [2.45, 2.75) is 6.04 Å². The van der Waals surface area contributed by atoms with Gasteiger partial charge < -0.3 is 4.74 Å². The Labute approximate surface area is 194 Å². The number of aromatic nitrogens is 1. The van der Waals surface area contributed by atoms with Crippen LogP contribution in [0, 0.1) is 0 Å². The molecule has 3 aromatic carbocycles. The van der Waals surface area contributed by atoms with E-state index in [0.29, 0.717) is 14.9 Å². The molecule has 1 atom stereocenters. The smallest absolute Gasteiger partial charge is 0.337 e. The summed E-state index contributed by atoms with van der Waals surface area (Å²) >= 11 is 1.36. The van der Waals surface area contributed by atoms with Crippen LogP contribution in [-0.4, -0.2) is 17.6 Å². The van der Waals surface area contributed by atoms with Crippen LogP contribution in [0.4, 0.5) is 0 Å². The van der Waals surface area contributed by atoms with Gasteiger partial charge in [-0.1, -0.05) is 84.1 Å². The van der Waals surface area contributed by atoms with Crippen LogP contribution in [0.3, 0.4) is 0 Å². The second-order valence-electron chi connectivity index (χ2n) is 7.57. The van der Waals surface area contributed by atoms with Gasteiger partial charge in [0.1, 0.15) is 0 Å². The molecule has 0 N–H and O–H groups in total. The van der Waals surface area contributed by atoms with Crippen molar-refractivity contribution in [2.75, 3.05) is 7.11 Å². The molecule has 162 valence electrons. The Bertz CT molecular complexity index is 1520. The Morgan fingerprint density at radius 2 is 1.64 bits per heavy atom. The molecule has 0 radical (unpaired) electrons. The van der Waals surface area contributed by atoms with Gasteiger partial charge in [-0.05, 0) is 41.0 Å². The largest absolute Gasteiger partial charge is 0.465 e. The lowest BCUT2D eigenvalue weighted by Gasteiger charge is -2.19. The molecule has 0 saturated carbocycles. The fraction of sp³-hybridized carbons (Fsp3) is 0.0741.